The number of para-hydroxylation sites is 1. The largest absolute Gasteiger partial charge is 0.462 e. The standard InChI is InChI=1S/C15H22O2.C13H10O2.C6H6/c1-3-5-9-13(4-2)12-17-15(16)14-10-7-6-8-11-14;14-13(11-7-3-1-4-8-11)15-12-9-5-2-6-10-12;1-2-4-6-5-3-1/h6-8,10-11,13H,3-5,9,12H2,1-2H3;1-10H;1-6H. The van der Waals surface area contributed by atoms with E-state index in [9.17, 15) is 9.59 Å². The van der Waals surface area contributed by atoms with E-state index in [4.69, 9.17) is 9.47 Å². The molecule has 0 aliphatic heterocycles. The van der Waals surface area contributed by atoms with Crippen LogP contribution in [0.3, 0.4) is 0 Å². The van der Waals surface area contributed by atoms with E-state index >= 15 is 0 Å². The van der Waals surface area contributed by atoms with Crippen LogP contribution in [0.15, 0.2) is 127 Å². The summed E-state index contributed by atoms with van der Waals surface area (Å²) in [7, 11) is 0. The molecule has 4 aromatic carbocycles. The zero-order valence-electron chi connectivity index (χ0n) is 22.4. The minimum absolute atomic E-state index is 0.208. The summed E-state index contributed by atoms with van der Waals surface area (Å²) in [5.41, 5.74) is 1.19. The molecule has 0 fully saturated rings. The maximum Gasteiger partial charge on any atom is 0.343 e. The topological polar surface area (TPSA) is 52.6 Å². The van der Waals surface area contributed by atoms with E-state index in [0.29, 0.717) is 29.4 Å². The van der Waals surface area contributed by atoms with E-state index in [1.165, 1.54) is 12.8 Å². The van der Waals surface area contributed by atoms with Gasteiger partial charge in [-0.05, 0) is 48.7 Å². The Morgan fingerprint density at radius 2 is 1.03 bits per heavy atom. The maximum absolute atomic E-state index is 11.7. The Labute approximate surface area is 227 Å². The van der Waals surface area contributed by atoms with Crippen molar-refractivity contribution in [2.75, 3.05) is 6.61 Å². The van der Waals surface area contributed by atoms with Gasteiger partial charge in [-0.15, -0.1) is 0 Å². The van der Waals surface area contributed by atoms with Gasteiger partial charge in [0.15, 0.2) is 0 Å². The minimum atomic E-state index is -0.332. The number of hydrogen-bond acceptors (Lipinski definition) is 4. The van der Waals surface area contributed by atoms with Gasteiger partial charge in [0.05, 0.1) is 17.7 Å². The number of carbonyl (C=O) groups is 2. The lowest BCUT2D eigenvalue weighted by atomic mass is 10.0. The average molecular weight is 511 g/mol. The minimum Gasteiger partial charge on any atom is -0.462 e. The highest BCUT2D eigenvalue weighted by Crippen LogP contribution is 2.14. The zero-order valence-corrected chi connectivity index (χ0v) is 22.4. The molecule has 4 heteroatoms. The lowest BCUT2D eigenvalue weighted by Crippen LogP contribution is -2.13. The molecule has 0 spiro atoms. The highest BCUT2D eigenvalue weighted by atomic mass is 16.5. The first-order valence-electron chi connectivity index (χ1n) is 13.2. The van der Waals surface area contributed by atoms with Gasteiger partial charge in [-0.1, -0.05) is 124 Å². The molecule has 0 aliphatic rings. The van der Waals surface area contributed by atoms with Crippen LogP contribution in [0.4, 0.5) is 0 Å². The molecular weight excluding hydrogens is 472 g/mol. The molecule has 4 rings (SSSR count). The van der Waals surface area contributed by atoms with Gasteiger partial charge in [-0.25, -0.2) is 9.59 Å². The molecule has 0 aromatic heterocycles. The third-order valence-electron chi connectivity index (χ3n) is 5.63. The van der Waals surface area contributed by atoms with Crippen molar-refractivity contribution < 1.29 is 19.1 Å². The molecule has 38 heavy (non-hydrogen) atoms. The van der Waals surface area contributed by atoms with Crippen LogP contribution in [0.25, 0.3) is 0 Å². The summed E-state index contributed by atoms with van der Waals surface area (Å²) < 4.78 is 10.5. The highest BCUT2D eigenvalue weighted by Gasteiger charge is 2.11. The van der Waals surface area contributed by atoms with Crippen LogP contribution >= 0.6 is 0 Å². The Bertz CT molecular complexity index is 1100. The third-order valence-corrected chi connectivity index (χ3v) is 5.63. The normalized spacial score (nSPS) is 10.5. The van der Waals surface area contributed by atoms with Gasteiger partial charge < -0.3 is 9.47 Å². The smallest absolute Gasteiger partial charge is 0.343 e. The van der Waals surface area contributed by atoms with Gasteiger partial charge in [0, 0.05) is 0 Å². The van der Waals surface area contributed by atoms with E-state index in [1.807, 2.05) is 91.0 Å². The number of rotatable bonds is 9. The van der Waals surface area contributed by atoms with Gasteiger partial charge in [0.1, 0.15) is 5.75 Å². The second-order valence-electron chi connectivity index (χ2n) is 8.60. The highest BCUT2D eigenvalue weighted by molar-refractivity contribution is 5.91. The first-order chi connectivity index (χ1) is 18.6. The van der Waals surface area contributed by atoms with Gasteiger partial charge in [0.25, 0.3) is 0 Å². The Morgan fingerprint density at radius 3 is 1.47 bits per heavy atom. The van der Waals surface area contributed by atoms with Crippen LogP contribution in [0.2, 0.25) is 0 Å². The van der Waals surface area contributed by atoms with Crippen molar-refractivity contribution in [2.24, 2.45) is 5.92 Å². The lowest BCUT2D eigenvalue weighted by Gasteiger charge is -2.14. The summed E-state index contributed by atoms with van der Waals surface area (Å²) in [4.78, 5) is 23.3. The zero-order chi connectivity index (χ0) is 27.3. The second kappa shape index (κ2) is 19.0. The predicted octanol–water partition coefficient (Wildman–Crippen LogP) is 8.65. The predicted molar refractivity (Wildman–Crippen MR) is 154 cm³/mol. The quantitative estimate of drug-likeness (QED) is 0.167. The molecule has 4 nitrogen and oxygen atoms in total. The van der Waals surface area contributed by atoms with Crippen molar-refractivity contribution >= 4 is 11.9 Å². The summed E-state index contributed by atoms with van der Waals surface area (Å²) in [5.74, 6) is 0.524. The second-order valence-corrected chi connectivity index (χ2v) is 8.60. The first-order valence-corrected chi connectivity index (χ1v) is 13.2. The van der Waals surface area contributed by atoms with Crippen LogP contribution in [-0.4, -0.2) is 18.5 Å². The van der Waals surface area contributed by atoms with E-state index < -0.39 is 0 Å². The number of unbranched alkanes of at least 4 members (excludes halogenated alkanes) is 1. The fraction of sp³-hybridized carbons (Fsp3) is 0.235. The van der Waals surface area contributed by atoms with E-state index in [1.54, 1.807) is 36.4 Å². The molecule has 0 bridgehead atoms. The molecule has 0 aliphatic carbocycles. The van der Waals surface area contributed by atoms with Crippen LogP contribution < -0.4 is 4.74 Å². The van der Waals surface area contributed by atoms with Crippen molar-refractivity contribution in [1.82, 2.24) is 0 Å². The van der Waals surface area contributed by atoms with Crippen LogP contribution in [0, 0.1) is 5.92 Å². The Balaban J connectivity index is 0.000000220. The van der Waals surface area contributed by atoms with Crippen molar-refractivity contribution in [2.45, 2.75) is 39.5 Å². The number of ether oxygens (including phenoxy) is 2. The summed E-state index contributed by atoms with van der Waals surface area (Å²) >= 11 is 0. The molecule has 0 heterocycles. The van der Waals surface area contributed by atoms with Crippen molar-refractivity contribution in [3.63, 3.8) is 0 Å². The Kier molecular flexibility index (Phi) is 15.0. The average Bonchev–Trinajstić information content (AvgIpc) is 3.00. The molecule has 4 aromatic rings. The molecule has 0 saturated heterocycles. The molecule has 0 amide bonds. The van der Waals surface area contributed by atoms with Gasteiger partial charge in [0.2, 0.25) is 0 Å². The molecule has 0 N–H and O–H groups in total. The fourth-order valence-corrected chi connectivity index (χ4v) is 3.36. The third kappa shape index (κ3) is 12.7. The van der Waals surface area contributed by atoms with Crippen molar-refractivity contribution in [1.29, 1.82) is 0 Å². The molecule has 0 saturated carbocycles. The summed E-state index contributed by atoms with van der Waals surface area (Å²) in [5, 5.41) is 0. The Morgan fingerprint density at radius 1 is 0.605 bits per heavy atom. The van der Waals surface area contributed by atoms with Crippen LogP contribution in [0.1, 0.15) is 60.2 Å². The van der Waals surface area contributed by atoms with Crippen molar-refractivity contribution in [3.8, 4) is 5.75 Å². The van der Waals surface area contributed by atoms with E-state index in [-0.39, 0.29) is 11.9 Å². The molecule has 1 atom stereocenters. The number of carbonyl (C=O) groups excluding carboxylic acids is 2. The summed E-state index contributed by atoms with van der Waals surface area (Å²) in [6.45, 7) is 4.88. The van der Waals surface area contributed by atoms with Crippen molar-refractivity contribution in [3.05, 3.63) is 139 Å². The number of esters is 2. The maximum atomic E-state index is 11.7. The van der Waals surface area contributed by atoms with E-state index in [2.05, 4.69) is 13.8 Å². The number of benzene rings is 4. The Hall–Kier alpha value is -4.18. The lowest BCUT2D eigenvalue weighted by molar-refractivity contribution is 0.0428. The monoisotopic (exact) mass is 510 g/mol. The van der Waals surface area contributed by atoms with Crippen LogP contribution in [0.5, 0.6) is 5.75 Å². The SMILES string of the molecule is CCCCC(CC)COC(=O)c1ccccc1.O=C(Oc1ccccc1)c1ccccc1.c1ccccc1. The van der Waals surface area contributed by atoms with Crippen LogP contribution in [-0.2, 0) is 4.74 Å². The summed E-state index contributed by atoms with van der Waals surface area (Å²) in [6, 6.07) is 39.1. The number of hydrogen-bond donors (Lipinski definition) is 0. The molecule has 198 valence electrons. The summed E-state index contributed by atoms with van der Waals surface area (Å²) in [6.07, 6.45) is 4.63. The van der Waals surface area contributed by atoms with E-state index in [0.717, 1.165) is 12.8 Å². The van der Waals surface area contributed by atoms with Gasteiger partial charge in [-0.3, -0.25) is 0 Å². The fourth-order valence-electron chi connectivity index (χ4n) is 3.36. The van der Waals surface area contributed by atoms with Gasteiger partial charge in [-0.2, -0.15) is 0 Å². The molecular formula is C34H38O4. The molecule has 1 unspecified atom stereocenters. The first kappa shape index (κ1) is 30.0. The molecule has 0 radical (unpaired) electrons. The van der Waals surface area contributed by atoms with Gasteiger partial charge >= 0.3 is 11.9 Å².